The molecule has 1 saturated heterocycles. The van der Waals surface area contributed by atoms with Crippen LogP contribution >= 0.6 is 11.3 Å². The van der Waals surface area contributed by atoms with Crippen molar-refractivity contribution in [1.29, 1.82) is 0 Å². The Morgan fingerprint density at radius 2 is 2.00 bits per heavy atom. The maximum atomic E-state index is 13.2. The molecule has 0 aliphatic carbocycles. The fourth-order valence-electron chi connectivity index (χ4n) is 3.20. The molecular weight excluding hydrogens is 449 g/mol. The number of nitrogens with zero attached hydrogens (tertiary/aromatic N) is 3. The number of nitrogens with one attached hydrogen (secondary N) is 1. The molecule has 2 N–H and O–H groups in total. The van der Waals surface area contributed by atoms with Crippen LogP contribution in [0.1, 0.15) is 55.9 Å². The highest BCUT2D eigenvalue weighted by Crippen LogP contribution is 2.38. The summed E-state index contributed by atoms with van der Waals surface area (Å²) >= 11 is 0.473. The van der Waals surface area contributed by atoms with E-state index in [1.807, 2.05) is 20.8 Å². The topological polar surface area (TPSA) is 104 Å². The number of thiazole rings is 1. The van der Waals surface area contributed by atoms with Gasteiger partial charge in [0.25, 0.3) is 5.91 Å². The third-order valence-corrected chi connectivity index (χ3v) is 6.44. The number of carbonyl (C=O) groups is 2. The number of carboxylic acids is 1. The summed E-state index contributed by atoms with van der Waals surface area (Å²) in [4.78, 5) is 32.4. The van der Waals surface area contributed by atoms with E-state index in [1.54, 1.807) is 11.8 Å². The van der Waals surface area contributed by atoms with Crippen LogP contribution in [0.4, 0.5) is 18.3 Å². The van der Waals surface area contributed by atoms with Crippen molar-refractivity contribution in [2.45, 2.75) is 58.9 Å². The van der Waals surface area contributed by atoms with Gasteiger partial charge in [0, 0.05) is 25.9 Å². The number of carboxylic acid groups (broad SMARTS) is 1. The predicted molar refractivity (Wildman–Crippen MR) is 115 cm³/mol. The largest absolute Gasteiger partial charge is 0.477 e. The van der Waals surface area contributed by atoms with E-state index in [4.69, 9.17) is 9.84 Å². The van der Waals surface area contributed by atoms with Gasteiger partial charge in [-0.05, 0) is 33.6 Å². The van der Waals surface area contributed by atoms with Gasteiger partial charge in [0.15, 0.2) is 10.8 Å². The second kappa shape index (κ2) is 10.4. The van der Waals surface area contributed by atoms with Crippen LogP contribution in [0.2, 0.25) is 0 Å². The normalized spacial score (nSPS) is 20.8. The summed E-state index contributed by atoms with van der Waals surface area (Å²) in [5.74, 6) is -2.03. The lowest BCUT2D eigenvalue weighted by Gasteiger charge is -2.37. The first-order valence-electron chi connectivity index (χ1n) is 10.0. The Morgan fingerprint density at radius 1 is 1.34 bits per heavy atom. The monoisotopic (exact) mass is 476 g/mol. The van der Waals surface area contributed by atoms with Gasteiger partial charge in [-0.25, -0.2) is 9.78 Å². The summed E-state index contributed by atoms with van der Waals surface area (Å²) < 4.78 is 44.9. The predicted octanol–water partition coefficient (Wildman–Crippen LogP) is 3.73. The van der Waals surface area contributed by atoms with Gasteiger partial charge >= 0.3 is 12.1 Å². The number of halogens is 3. The van der Waals surface area contributed by atoms with Crippen molar-refractivity contribution in [3.8, 4) is 0 Å². The van der Waals surface area contributed by atoms with Crippen LogP contribution in [-0.2, 0) is 15.7 Å². The highest BCUT2D eigenvalue weighted by molar-refractivity contribution is 7.17. The Labute approximate surface area is 188 Å². The highest BCUT2D eigenvalue weighted by Gasteiger charge is 2.41. The van der Waals surface area contributed by atoms with Gasteiger partial charge in [0.05, 0.1) is 12.1 Å². The van der Waals surface area contributed by atoms with E-state index < -0.39 is 28.8 Å². The van der Waals surface area contributed by atoms with Crippen molar-refractivity contribution in [2.75, 3.05) is 25.1 Å². The molecule has 1 aromatic rings. The number of methoxy groups -OCH3 is 1. The number of ether oxygens (including phenoxy) is 1. The maximum absolute atomic E-state index is 13.2. The lowest BCUT2D eigenvalue weighted by atomic mass is 10.0. The van der Waals surface area contributed by atoms with E-state index in [2.05, 4.69) is 15.3 Å². The number of allylic oxidation sites excluding steroid dienone is 2. The fourth-order valence-corrected chi connectivity index (χ4v) is 4.16. The molecular formula is C20H27F3N4O4S. The van der Waals surface area contributed by atoms with E-state index >= 15 is 0 Å². The minimum atomic E-state index is -4.87. The molecule has 32 heavy (non-hydrogen) atoms. The quantitative estimate of drug-likeness (QED) is 0.581. The number of aliphatic imine (C=N–C) groups is 1. The molecule has 12 heteroatoms. The van der Waals surface area contributed by atoms with E-state index in [9.17, 15) is 22.8 Å². The zero-order valence-electron chi connectivity index (χ0n) is 18.5. The number of hydrogen-bond donors (Lipinski definition) is 2. The molecule has 2 rings (SSSR count). The summed E-state index contributed by atoms with van der Waals surface area (Å²) in [7, 11) is 1.44. The smallest absolute Gasteiger partial charge is 0.435 e. The molecule has 1 aliphatic rings. The van der Waals surface area contributed by atoms with E-state index in [1.165, 1.54) is 7.11 Å². The molecule has 1 fully saturated rings. The first-order chi connectivity index (χ1) is 14.9. The van der Waals surface area contributed by atoms with Gasteiger partial charge in [-0.15, -0.1) is 0 Å². The van der Waals surface area contributed by atoms with Crippen LogP contribution in [-0.4, -0.2) is 60.0 Å². The van der Waals surface area contributed by atoms with Crippen LogP contribution in [0.25, 0.3) is 0 Å². The third kappa shape index (κ3) is 6.06. The molecule has 2 unspecified atom stereocenters. The lowest BCUT2D eigenvalue weighted by Crippen LogP contribution is -2.55. The molecule has 0 radical (unpaired) electrons. The van der Waals surface area contributed by atoms with E-state index in [0.29, 0.717) is 23.5 Å². The van der Waals surface area contributed by atoms with Crippen molar-refractivity contribution in [1.82, 2.24) is 10.3 Å². The summed E-state index contributed by atoms with van der Waals surface area (Å²) in [6.07, 6.45) is -4.19. The van der Waals surface area contributed by atoms with Crippen LogP contribution in [0, 0.1) is 0 Å². The highest BCUT2D eigenvalue weighted by atomic mass is 32.1. The number of rotatable bonds is 7. The summed E-state index contributed by atoms with van der Waals surface area (Å²) in [6, 6.07) is -0.383. The van der Waals surface area contributed by atoms with Crippen LogP contribution in [0.3, 0.4) is 0 Å². The molecule has 8 nitrogen and oxygen atoms in total. The van der Waals surface area contributed by atoms with Crippen LogP contribution < -0.4 is 10.2 Å². The minimum absolute atomic E-state index is 0.0462. The number of alkyl halides is 3. The Kier molecular flexibility index (Phi) is 8.41. The fraction of sp³-hybridized carbons (Fsp3) is 0.600. The van der Waals surface area contributed by atoms with Crippen LogP contribution in [0.15, 0.2) is 16.3 Å². The molecule has 0 saturated carbocycles. The number of aromatic nitrogens is 1. The molecule has 2 heterocycles. The average molecular weight is 477 g/mol. The van der Waals surface area contributed by atoms with Crippen molar-refractivity contribution >= 4 is 34.1 Å². The summed E-state index contributed by atoms with van der Waals surface area (Å²) in [5, 5.41) is 11.9. The first kappa shape index (κ1) is 25.8. The zero-order valence-corrected chi connectivity index (χ0v) is 19.4. The second-order valence-corrected chi connectivity index (χ2v) is 8.46. The molecule has 0 spiro atoms. The van der Waals surface area contributed by atoms with Gasteiger partial charge in [0.2, 0.25) is 0 Å². The van der Waals surface area contributed by atoms with E-state index in [-0.39, 0.29) is 30.2 Å². The van der Waals surface area contributed by atoms with Gasteiger partial charge in [-0.2, -0.15) is 13.2 Å². The number of aromatic carboxylic acids is 1. The number of amides is 1. The number of piperidine rings is 1. The second-order valence-electron chi connectivity index (χ2n) is 7.48. The number of hydrogen-bond acceptors (Lipinski definition) is 7. The lowest BCUT2D eigenvalue weighted by molar-refractivity contribution is -0.141. The molecule has 1 aromatic heterocycles. The molecule has 0 aromatic carbocycles. The van der Waals surface area contributed by atoms with Crippen molar-refractivity contribution in [2.24, 2.45) is 4.99 Å². The van der Waals surface area contributed by atoms with Gasteiger partial charge in [-0.1, -0.05) is 23.8 Å². The Hall–Kier alpha value is -2.47. The molecule has 0 bridgehead atoms. The average Bonchev–Trinajstić information content (AvgIpc) is 3.19. The number of anilines is 1. The first-order valence-corrected chi connectivity index (χ1v) is 10.8. The standard InChI is InChI=1S/C20H27F3N4O4S/c1-6-10(2)11(3)24-12(4)17(28)25-13-7-8-27(9-14(13)31-5)19-26-16(20(21,22)23)15(32-19)18(29)30/h13-14H,6-9H2,1-5H3,(H,25,28)(H,29,30)/b11-10+,24-12?. The van der Waals surface area contributed by atoms with Crippen molar-refractivity contribution in [3.63, 3.8) is 0 Å². The van der Waals surface area contributed by atoms with Gasteiger partial charge in [-0.3, -0.25) is 9.79 Å². The zero-order chi connectivity index (χ0) is 24.2. The maximum Gasteiger partial charge on any atom is 0.435 e. The Morgan fingerprint density at radius 3 is 2.50 bits per heavy atom. The molecule has 1 amide bonds. The molecule has 1 aliphatic heterocycles. The minimum Gasteiger partial charge on any atom is -0.477 e. The Bertz CT molecular complexity index is 926. The summed E-state index contributed by atoms with van der Waals surface area (Å²) in [6.45, 7) is 7.81. The molecule has 2 atom stereocenters. The van der Waals surface area contributed by atoms with Gasteiger partial charge < -0.3 is 20.1 Å². The SMILES string of the molecule is CC/C(C)=C(\C)N=C(C)C(=O)NC1CCN(c2nc(C(F)(F)F)c(C(=O)O)s2)CC1OC. The van der Waals surface area contributed by atoms with E-state index in [0.717, 1.165) is 17.7 Å². The number of carbonyl (C=O) groups excluding carboxylic acids is 1. The van der Waals surface area contributed by atoms with Gasteiger partial charge in [0.1, 0.15) is 10.6 Å². The summed E-state index contributed by atoms with van der Waals surface area (Å²) in [5.41, 5.74) is 0.736. The van der Waals surface area contributed by atoms with Crippen LogP contribution in [0.5, 0.6) is 0 Å². The Balaban J connectivity index is 2.15. The van der Waals surface area contributed by atoms with Crippen molar-refractivity contribution in [3.05, 3.63) is 21.8 Å². The third-order valence-electron chi connectivity index (χ3n) is 5.34. The van der Waals surface area contributed by atoms with Crippen molar-refractivity contribution < 1.29 is 32.6 Å². The molecule has 178 valence electrons.